The highest BCUT2D eigenvalue weighted by Gasteiger charge is 2.15. The van der Waals surface area contributed by atoms with Gasteiger partial charge in [-0.2, -0.15) is 4.98 Å². The number of nitrogens with zero attached hydrogens (tertiary/aromatic N) is 1. The van der Waals surface area contributed by atoms with Crippen molar-refractivity contribution in [3.05, 3.63) is 30.2 Å². The minimum Gasteiger partial charge on any atom is -0.454 e. The molecule has 0 radical (unpaired) electrons. The maximum atomic E-state index is 5.55. The molecule has 0 spiro atoms. The monoisotopic (exact) mass is 276 g/mol. The van der Waals surface area contributed by atoms with Gasteiger partial charge < -0.3 is 23.9 Å². The molecule has 3 rings (SSSR count). The molecular formula is C14H16N2O4. The molecule has 6 heteroatoms. The molecule has 1 aromatic carbocycles. The Hall–Kier alpha value is -2.21. The van der Waals surface area contributed by atoms with Crippen molar-refractivity contribution in [2.24, 2.45) is 0 Å². The van der Waals surface area contributed by atoms with Crippen molar-refractivity contribution in [3.8, 4) is 23.3 Å². The Morgan fingerprint density at radius 3 is 3.10 bits per heavy atom. The van der Waals surface area contributed by atoms with Gasteiger partial charge in [-0.15, -0.1) is 0 Å². The summed E-state index contributed by atoms with van der Waals surface area (Å²) in [5.41, 5.74) is 0.814. The van der Waals surface area contributed by atoms with Gasteiger partial charge >= 0.3 is 6.08 Å². The first kappa shape index (κ1) is 12.8. The Balaban J connectivity index is 1.63. The zero-order valence-corrected chi connectivity index (χ0v) is 11.2. The lowest BCUT2D eigenvalue weighted by Gasteiger charge is -2.01. The minimum absolute atomic E-state index is 0.220. The number of hydrogen-bond acceptors (Lipinski definition) is 6. The van der Waals surface area contributed by atoms with Crippen LogP contribution in [0.4, 0.5) is 0 Å². The van der Waals surface area contributed by atoms with Crippen LogP contribution in [0.25, 0.3) is 0 Å². The van der Waals surface area contributed by atoms with E-state index in [1.54, 1.807) is 24.5 Å². The van der Waals surface area contributed by atoms with Crippen LogP contribution in [0.15, 0.2) is 28.9 Å². The van der Waals surface area contributed by atoms with Gasteiger partial charge in [0, 0.05) is 12.6 Å². The molecule has 0 atom stereocenters. The van der Waals surface area contributed by atoms with E-state index in [9.17, 15) is 0 Å². The molecule has 1 aliphatic rings. The molecule has 2 heterocycles. The SMILES string of the molecule is CCCNCc1coc(Oc2ccc3c(c2)OCO3)n1. The number of ether oxygens (including phenoxy) is 3. The van der Waals surface area contributed by atoms with Crippen molar-refractivity contribution in [2.75, 3.05) is 13.3 Å². The molecule has 1 aliphatic heterocycles. The van der Waals surface area contributed by atoms with Gasteiger partial charge in [0.1, 0.15) is 12.0 Å². The standard InChI is InChI=1S/C14H16N2O4/c1-2-5-15-7-10-8-17-14(16-10)20-11-3-4-12-13(6-11)19-9-18-12/h3-4,6,8,15H,2,5,7,9H2,1H3. The maximum absolute atomic E-state index is 5.55. The summed E-state index contributed by atoms with van der Waals surface area (Å²) in [6, 6.07) is 5.33. The maximum Gasteiger partial charge on any atom is 0.399 e. The van der Waals surface area contributed by atoms with Gasteiger partial charge in [-0.25, -0.2) is 0 Å². The molecule has 0 amide bonds. The molecule has 0 saturated heterocycles. The molecular weight excluding hydrogens is 260 g/mol. The second-order valence-corrected chi connectivity index (χ2v) is 4.40. The molecule has 106 valence electrons. The van der Waals surface area contributed by atoms with Crippen LogP contribution >= 0.6 is 0 Å². The van der Waals surface area contributed by atoms with Crippen LogP contribution in [-0.4, -0.2) is 18.3 Å². The smallest absolute Gasteiger partial charge is 0.399 e. The summed E-state index contributed by atoms with van der Waals surface area (Å²) in [6.45, 7) is 3.97. The first-order valence-corrected chi connectivity index (χ1v) is 6.58. The number of benzene rings is 1. The Kier molecular flexibility index (Phi) is 3.73. The van der Waals surface area contributed by atoms with Crippen LogP contribution in [0.1, 0.15) is 19.0 Å². The van der Waals surface area contributed by atoms with E-state index in [2.05, 4.69) is 17.2 Å². The van der Waals surface area contributed by atoms with Crippen molar-refractivity contribution in [3.63, 3.8) is 0 Å². The summed E-state index contributed by atoms with van der Waals surface area (Å²) in [7, 11) is 0. The fourth-order valence-electron chi connectivity index (χ4n) is 1.85. The van der Waals surface area contributed by atoms with Crippen molar-refractivity contribution in [1.29, 1.82) is 0 Å². The first-order chi connectivity index (χ1) is 9.85. The van der Waals surface area contributed by atoms with E-state index in [1.807, 2.05) is 0 Å². The van der Waals surface area contributed by atoms with Crippen LogP contribution in [0.5, 0.6) is 23.3 Å². The van der Waals surface area contributed by atoms with E-state index in [-0.39, 0.29) is 12.9 Å². The third-order valence-electron chi connectivity index (χ3n) is 2.81. The third-order valence-corrected chi connectivity index (χ3v) is 2.81. The summed E-state index contributed by atoms with van der Waals surface area (Å²) in [6.07, 6.45) is 2.89. The zero-order valence-electron chi connectivity index (χ0n) is 11.2. The van der Waals surface area contributed by atoms with Gasteiger partial charge in [-0.05, 0) is 25.1 Å². The molecule has 2 aromatic rings. The Morgan fingerprint density at radius 2 is 2.20 bits per heavy atom. The molecule has 6 nitrogen and oxygen atoms in total. The number of oxazole rings is 1. The van der Waals surface area contributed by atoms with Gasteiger partial charge in [0.2, 0.25) is 6.79 Å². The van der Waals surface area contributed by atoms with Crippen molar-refractivity contribution < 1.29 is 18.6 Å². The number of rotatable bonds is 6. The topological polar surface area (TPSA) is 65.8 Å². The largest absolute Gasteiger partial charge is 0.454 e. The predicted octanol–water partition coefficient (Wildman–Crippen LogP) is 2.70. The lowest BCUT2D eigenvalue weighted by Crippen LogP contribution is -2.13. The second kappa shape index (κ2) is 5.83. The van der Waals surface area contributed by atoms with Gasteiger partial charge in [-0.1, -0.05) is 6.92 Å². The van der Waals surface area contributed by atoms with Crippen LogP contribution in [0.3, 0.4) is 0 Å². The average molecular weight is 276 g/mol. The number of aromatic nitrogens is 1. The molecule has 0 fully saturated rings. The summed E-state index contributed by atoms with van der Waals surface area (Å²) < 4.78 is 21.3. The molecule has 1 N–H and O–H groups in total. The molecule has 0 saturated carbocycles. The average Bonchev–Trinajstić information content (AvgIpc) is 3.08. The summed E-state index contributed by atoms with van der Waals surface area (Å²) in [4.78, 5) is 4.25. The minimum atomic E-state index is 0.220. The van der Waals surface area contributed by atoms with E-state index in [4.69, 9.17) is 18.6 Å². The highest BCUT2D eigenvalue weighted by atomic mass is 16.7. The molecule has 0 unspecified atom stereocenters. The summed E-state index contributed by atoms with van der Waals surface area (Å²) in [5, 5.41) is 3.25. The van der Waals surface area contributed by atoms with Crippen molar-refractivity contribution in [2.45, 2.75) is 19.9 Å². The van der Waals surface area contributed by atoms with Gasteiger partial charge in [0.25, 0.3) is 0 Å². The van der Waals surface area contributed by atoms with E-state index >= 15 is 0 Å². The third kappa shape index (κ3) is 2.85. The highest BCUT2D eigenvalue weighted by molar-refractivity contribution is 5.47. The van der Waals surface area contributed by atoms with Crippen molar-refractivity contribution >= 4 is 0 Å². The Labute approximate surface area is 116 Å². The van der Waals surface area contributed by atoms with Crippen LogP contribution < -0.4 is 19.5 Å². The highest BCUT2D eigenvalue weighted by Crippen LogP contribution is 2.36. The van der Waals surface area contributed by atoms with Crippen LogP contribution in [-0.2, 0) is 6.54 Å². The van der Waals surface area contributed by atoms with Crippen molar-refractivity contribution in [1.82, 2.24) is 10.3 Å². The molecule has 20 heavy (non-hydrogen) atoms. The molecule has 1 aromatic heterocycles. The lowest BCUT2D eigenvalue weighted by atomic mass is 10.3. The first-order valence-electron chi connectivity index (χ1n) is 6.58. The van der Waals surface area contributed by atoms with E-state index in [0.29, 0.717) is 23.8 Å². The summed E-state index contributed by atoms with van der Waals surface area (Å²) in [5.74, 6) is 1.98. The number of nitrogens with one attached hydrogen (secondary N) is 1. The lowest BCUT2D eigenvalue weighted by molar-refractivity contribution is 0.174. The summed E-state index contributed by atoms with van der Waals surface area (Å²) >= 11 is 0. The van der Waals surface area contributed by atoms with E-state index < -0.39 is 0 Å². The van der Waals surface area contributed by atoms with Crippen LogP contribution in [0, 0.1) is 0 Å². The fourth-order valence-corrected chi connectivity index (χ4v) is 1.85. The molecule has 0 bridgehead atoms. The fraction of sp³-hybridized carbons (Fsp3) is 0.357. The van der Waals surface area contributed by atoms with E-state index in [0.717, 1.165) is 18.7 Å². The molecule has 0 aliphatic carbocycles. The number of hydrogen-bond donors (Lipinski definition) is 1. The van der Waals surface area contributed by atoms with E-state index in [1.165, 1.54) is 0 Å². The van der Waals surface area contributed by atoms with Gasteiger partial charge in [0.15, 0.2) is 11.5 Å². The normalized spacial score (nSPS) is 12.7. The second-order valence-electron chi connectivity index (χ2n) is 4.40. The Morgan fingerprint density at radius 1 is 1.30 bits per heavy atom. The Bertz CT molecular complexity index is 582. The van der Waals surface area contributed by atoms with Gasteiger partial charge in [0.05, 0.1) is 5.69 Å². The predicted molar refractivity (Wildman–Crippen MR) is 71.1 cm³/mol. The van der Waals surface area contributed by atoms with Gasteiger partial charge in [-0.3, -0.25) is 0 Å². The van der Waals surface area contributed by atoms with Crippen LogP contribution in [0.2, 0.25) is 0 Å². The quantitative estimate of drug-likeness (QED) is 0.818. The number of fused-ring (bicyclic) bond motifs is 1. The zero-order chi connectivity index (χ0) is 13.8.